The SMILES string of the molecule is Brc1ccc2oc3cc4ccccc4cc3c2c1.CC1(C)OB(c2ccc3c(c2)c2ccccc2c2c4ccccc4c4ccccc4c32)OC1(C)C.c1ccc2cc3c(cc2c1)oc1ccc(-c2ccc4c(c2)c2ccccc2c2c5ccccc5c5ccccc5c42)cc13. The van der Waals surface area contributed by atoms with Crippen LogP contribution in [0.5, 0.6) is 0 Å². The first-order chi connectivity index (χ1) is 47.0. The van der Waals surface area contributed by atoms with Crippen molar-refractivity contribution in [3.63, 3.8) is 0 Å². The zero-order chi connectivity index (χ0) is 64.1. The van der Waals surface area contributed by atoms with Crippen LogP contribution in [0.1, 0.15) is 27.7 Å². The lowest BCUT2D eigenvalue weighted by Crippen LogP contribution is -2.41. The van der Waals surface area contributed by atoms with E-state index in [4.69, 9.17) is 18.1 Å². The summed E-state index contributed by atoms with van der Waals surface area (Å²) < 4.78 is 26.1. The van der Waals surface area contributed by atoms with Crippen LogP contribution in [0.3, 0.4) is 0 Å². The monoisotopic (exact) mass is 1290 g/mol. The van der Waals surface area contributed by atoms with Crippen LogP contribution in [0.15, 0.2) is 304 Å². The van der Waals surface area contributed by atoms with Gasteiger partial charge in [0.2, 0.25) is 0 Å². The summed E-state index contributed by atoms with van der Waals surface area (Å²) in [5.74, 6) is 0. The van der Waals surface area contributed by atoms with Gasteiger partial charge in [-0.2, -0.15) is 0 Å². The van der Waals surface area contributed by atoms with Crippen LogP contribution in [-0.4, -0.2) is 18.3 Å². The van der Waals surface area contributed by atoms with Crippen LogP contribution in [0.2, 0.25) is 0 Å². The van der Waals surface area contributed by atoms with Crippen molar-refractivity contribution in [3.05, 3.63) is 296 Å². The Kier molecular flexibility index (Phi) is 12.7. The minimum absolute atomic E-state index is 0.368. The fourth-order valence-electron chi connectivity index (χ4n) is 15.6. The minimum atomic E-state index is -0.382. The van der Waals surface area contributed by atoms with Crippen molar-refractivity contribution in [2.45, 2.75) is 38.9 Å². The molecular formula is C90H60BBrO4. The van der Waals surface area contributed by atoms with E-state index in [1.165, 1.54) is 146 Å². The number of hydrogen-bond donors (Lipinski definition) is 0. The van der Waals surface area contributed by atoms with Crippen LogP contribution in [0, 0.1) is 0 Å². The van der Waals surface area contributed by atoms with E-state index < -0.39 is 0 Å². The largest absolute Gasteiger partial charge is 0.494 e. The molecule has 1 fully saturated rings. The van der Waals surface area contributed by atoms with E-state index in [2.05, 4.69) is 317 Å². The first-order valence-corrected chi connectivity index (χ1v) is 33.8. The molecule has 18 aromatic carbocycles. The summed E-state index contributed by atoms with van der Waals surface area (Å²) in [7, 11) is -0.382. The molecular weight excluding hydrogens is 1240 g/mol. The Labute approximate surface area is 561 Å². The predicted molar refractivity (Wildman–Crippen MR) is 413 cm³/mol. The van der Waals surface area contributed by atoms with E-state index in [0.717, 1.165) is 48.4 Å². The highest BCUT2D eigenvalue weighted by molar-refractivity contribution is 9.10. The van der Waals surface area contributed by atoms with Gasteiger partial charge in [-0.3, -0.25) is 0 Å². The fourth-order valence-corrected chi connectivity index (χ4v) is 16.0. The maximum absolute atomic E-state index is 6.40. The van der Waals surface area contributed by atoms with Gasteiger partial charge in [-0.05, 0) is 234 Å². The number of rotatable bonds is 2. The Morgan fingerprint density at radius 2 is 0.531 bits per heavy atom. The van der Waals surface area contributed by atoms with Crippen molar-refractivity contribution in [1.82, 2.24) is 0 Å². The molecule has 454 valence electrons. The second-order valence-corrected chi connectivity index (χ2v) is 27.8. The molecule has 4 nitrogen and oxygen atoms in total. The topological polar surface area (TPSA) is 44.7 Å². The Morgan fingerprint density at radius 1 is 0.240 bits per heavy atom. The average Bonchev–Trinajstić information content (AvgIpc) is 0.971. The third-order valence-electron chi connectivity index (χ3n) is 20.9. The van der Waals surface area contributed by atoms with Gasteiger partial charge in [-0.1, -0.05) is 246 Å². The van der Waals surface area contributed by atoms with Crippen LogP contribution in [0.4, 0.5) is 0 Å². The molecule has 1 aliphatic rings. The van der Waals surface area contributed by atoms with E-state index in [1.54, 1.807) is 0 Å². The van der Waals surface area contributed by atoms with Gasteiger partial charge < -0.3 is 18.1 Å². The molecule has 1 saturated heterocycles. The predicted octanol–water partition coefficient (Wildman–Crippen LogP) is 25.4. The first-order valence-electron chi connectivity index (χ1n) is 33.1. The number of hydrogen-bond acceptors (Lipinski definition) is 4. The maximum Gasteiger partial charge on any atom is 0.494 e. The second-order valence-electron chi connectivity index (χ2n) is 26.9. The van der Waals surface area contributed by atoms with Gasteiger partial charge in [0, 0.05) is 26.0 Å². The smallest absolute Gasteiger partial charge is 0.456 e. The number of furan rings is 2. The molecule has 0 unspecified atom stereocenters. The Morgan fingerprint density at radius 3 is 0.948 bits per heavy atom. The fraction of sp³-hybridized carbons (Fsp3) is 0.0667. The molecule has 0 spiro atoms. The van der Waals surface area contributed by atoms with Crippen molar-refractivity contribution in [2.75, 3.05) is 0 Å². The number of benzene rings is 18. The molecule has 0 saturated carbocycles. The van der Waals surface area contributed by atoms with Gasteiger partial charge in [-0.25, -0.2) is 0 Å². The summed E-state index contributed by atoms with van der Waals surface area (Å²) in [4.78, 5) is 0. The van der Waals surface area contributed by atoms with E-state index in [9.17, 15) is 0 Å². The zero-order valence-corrected chi connectivity index (χ0v) is 54.9. The quantitative estimate of drug-likeness (QED) is 0.128. The third kappa shape index (κ3) is 8.82. The zero-order valence-electron chi connectivity index (χ0n) is 53.3. The van der Waals surface area contributed by atoms with Gasteiger partial charge in [0.15, 0.2) is 0 Å². The molecule has 2 aromatic heterocycles. The van der Waals surface area contributed by atoms with Crippen molar-refractivity contribution >= 4 is 202 Å². The van der Waals surface area contributed by atoms with Crippen LogP contribution in [0.25, 0.3) is 184 Å². The van der Waals surface area contributed by atoms with Crippen LogP contribution < -0.4 is 5.46 Å². The molecule has 21 rings (SSSR count). The summed E-state index contributed by atoms with van der Waals surface area (Å²) in [6.45, 7) is 8.42. The average molecular weight is 1300 g/mol. The molecule has 0 aliphatic carbocycles. The van der Waals surface area contributed by atoms with Gasteiger partial charge in [-0.15, -0.1) is 0 Å². The Balaban J connectivity index is 0.000000110. The lowest BCUT2D eigenvalue weighted by molar-refractivity contribution is 0.00578. The second kappa shape index (κ2) is 21.6. The number of fused-ring (bicyclic) bond motifs is 30. The normalized spacial score (nSPS) is 13.9. The molecule has 6 heteroatoms. The lowest BCUT2D eigenvalue weighted by atomic mass is 9.77. The summed E-state index contributed by atoms with van der Waals surface area (Å²) in [5, 5.41) is 35.4. The first kappa shape index (κ1) is 56.7. The van der Waals surface area contributed by atoms with Gasteiger partial charge >= 0.3 is 7.12 Å². The standard InChI is InChI=1S/C42H24O.C32H27BO2.C16H9BrO/c1-2-10-26-24-40-38(22-25(26)9-1)37-23-28(18-20-39(37)43-40)27-17-19-35-36(21-27)31-13-5-8-16-34(31)41-32-14-6-3-11-29(32)30-12-4-7-15-33(30)42(35)41;1-31(2)32(3,4)35-33(34-31)20-17-18-27-28(19-20)23-13-7-10-16-26(23)29-24-14-8-5-11-21(24)22-12-6-9-15-25(22)30(27)29;17-12-5-6-15-14(9-12)13-7-10-3-1-2-4-11(10)8-16(13)18-15/h1-24H;5-19H,1-4H3;1-9H. The summed E-state index contributed by atoms with van der Waals surface area (Å²) in [5.41, 5.74) is 6.46. The molecule has 3 heterocycles. The molecule has 0 atom stereocenters. The molecule has 0 N–H and O–H groups in total. The van der Waals surface area contributed by atoms with Crippen molar-refractivity contribution < 1.29 is 18.1 Å². The van der Waals surface area contributed by atoms with Crippen LogP contribution in [-0.2, 0) is 9.31 Å². The van der Waals surface area contributed by atoms with Crippen LogP contribution >= 0.6 is 15.9 Å². The van der Waals surface area contributed by atoms with Gasteiger partial charge in [0.25, 0.3) is 0 Å². The Bertz CT molecular complexity index is 6680. The number of halogens is 1. The van der Waals surface area contributed by atoms with E-state index in [0.29, 0.717) is 0 Å². The molecule has 1 aliphatic heterocycles. The Hall–Kier alpha value is -10.9. The molecule has 0 bridgehead atoms. The summed E-state index contributed by atoms with van der Waals surface area (Å²) in [6.07, 6.45) is 0. The maximum atomic E-state index is 6.40. The molecule has 20 aromatic rings. The summed E-state index contributed by atoms with van der Waals surface area (Å²) >= 11 is 3.51. The van der Waals surface area contributed by atoms with Crippen molar-refractivity contribution in [3.8, 4) is 11.1 Å². The van der Waals surface area contributed by atoms with E-state index in [1.807, 2.05) is 18.2 Å². The third-order valence-corrected chi connectivity index (χ3v) is 21.4. The van der Waals surface area contributed by atoms with Gasteiger partial charge in [0.05, 0.1) is 11.2 Å². The highest BCUT2D eigenvalue weighted by atomic mass is 79.9. The highest BCUT2D eigenvalue weighted by Gasteiger charge is 2.51. The van der Waals surface area contributed by atoms with E-state index >= 15 is 0 Å². The lowest BCUT2D eigenvalue weighted by Gasteiger charge is -2.32. The van der Waals surface area contributed by atoms with Crippen molar-refractivity contribution in [1.29, 1.82) is 0 Å². The molecule has 96 heavy (non-hydrogen) atoms. The minimum Gasteiger partial charge on any atom is -0.456 e. The molecule has 0 amide bonds. The van der Waals surface area contributed by atoms with E-state index in [-0.39, 0.29) is 18.3 Å². The van der Waals surface area contributed by atoms with Crippen molar-refractivity contribution in [2.24, 2.45) is 0 Å². The summed E-state index contributed by atoms with van der Waals surface area (Å²) in [6, 6.07) is 105. The highest BCUT2D eigenvalue weighted by Crippen LogP contribution is 2.48. The van der Waals surface area contributed by atoms with Gasteiger partial charge in [0.1, 0.15) is 22.3 Å². The molecule has 0 radical (unpaired) electrons.